The molecule has 0 N–H and O–H groups in total. The molecular weight excluding hydrogens is 293 g/mol. The summed E-state index contributed by atoms with van der Waals surface area (Å²) in [7, 11) is 0. The van der Waals surface area contributed by atoms with Crippen LogP contribution in [0.15, 0.2) is 30.6 Å². The molecule has 0 amide bonds. The molecular formula is C15H19Cl2N3. The van der Waals surface area contributed by atoms with Gasteiger partial charge in [-0.1, -0.05) is 29.8 Å². The standard InChI is InChI=1S/C15H19Cl2N3/c1-11(2)20-15(18-10-19-20)8-12(9-16)7-13-5-3-4-6-14(13)17/h3-6,10-12H,7-9H2,1-2H3. The van der Waals surface area contributed by atoms with Crippen LogP contribution in [0.4, 0.5) is 0 Å². The van der Waals surface area contributed by atoms with Crippen molar-refractivity contribution in [3.63, 3.8) is 0 Å². The number of rotatable bonds is 6. The predicted molar refractivity (Wildman–Crippen MR) is 83.5 cm³/mol. The van der Waals surface area contributed by atoms with E-state index >= 15 is 0 Å². The van der Waals surface area contributed by atoms with Gasteiger partial charge in [0.25, 0.3) is 0 Å². The minimum Gasteiger partial charge on any atom is -0.248 e. The van der Waals surface area contributed by atoms with Gasteiger partial charge in [0.2, 0.25) is 0 Å². The summed E-state index contributed by atoms with van der Waals surface area (Å²) < 4.78 is 1.95. The van der Waals surface area contributed by atoms with Crippen LogP contribution in [0.2, 0.25) is 5.02 Å². The molecule has 0 saturated heterocycles. The first-order chi connectivity index (χ1) is 9.61. The molecule has 0 saturated carbocycles. The molecule has 0 aliphatic carbocycles. The van der Waals surface area contributed by atoms with E-state index in [2.05, 4.69) is 30.0 Å². The average molecular weight is 312 g/mol. The average Bonchev–Trinajstić information content (AvgIpc) is 2.88. The van der Waals surface area contributed by atoms with E-state index in [1.165, 1.54) is 0 Å². The van der Waals surface area contributed by atoms with Crippen LogP contribution in [0, 0.1) is 5.92 Å². The number of aromatic nitrogens is 3. The lowest BCUT2D eigenvalue weighted by Crippen LogP contribution is -2.16. The molecule has 2 aromatic rings. The van der Waals surface area contributed by atoms with Crippen molar-refractivity contribution in [2.45, 2.75) is 32.7 Å². The summed E-state index contributed by atoms with van der Waals surface area (Å²) in [6.45, 7) is 4.20. The van der Waals surface area contributed by atoms with Gasteiger partial charge in [-0.25, -0.2) is 9.67 Å². The van der Waals surface area contributed by atoms with Gasteiger partial charge in [0.15, 0.2) is 0 Å². The summed E-state index contributed by atoms with van der Waals surface area (Å²) in [6, 6.07) is 8.22. The van der Waals surface area contributed by atoms with Crippen LogP contribution in [0.1, 0.15) is 31.3 Å². The molecule has 20 heavy (non-hydrogen) atoms. The van der Waals surface area contributed by atoms with Crippen LogP contribution < -0.4 is 0 Å². The molecule has 2 rings (SSSR count). The van der Waals surface area contributed by atoms with Crippen LogP contribution in [-0.2, 0) is 12.8 Å². The molecule has 1 aromatic heterocycles. The fourth-order valence-electron chi connectivity index (χ4n) is 2.27. The first kappa shape index (κ1) is 15.3. The van der Waals surface area contributed by atoms with E-state index in [-0.39, 0.29) is 0 Å². The van der Waals surface area contributed by atoms with E-state index in [9.17, 15) is 0 Å². The van der Waals surface area contributed by atoms with Crippen LogP contribution in [0.3, 0.4) is 0 Å². The largest absolute Gasteiger partial charge is 0.248 e. The number of alkyl halides is 1. The first-order valence-electron chi connectivity index (χ1n) is 6.79. The second-order valence-corrected chi connectivity index (χ2v) is 5.95. The van der Waals surface area contributed by atoms with E-state index in [0.717, 1.165) is 29.3 Å². The van der Waals surface area contributed by atoms with E-state index in [4.69, 9.17) is 23.2 Å². The third-order valence-corrected chi connectivity index (χ3v) is 4.10. The Morgan fingerprint density at radius 3 is 2.60 bits per heavy atom. The van der Waals surface area contributed by atoms with Gasteiger partial charge < -0.3 is 0 Å². The van der Waals surface area contributed by atoms with Crippen LogP contribution in [-0.4, -0.2) is 20.6 Å². The Morgan fingerprint density at radius 2 is 1.95 bits per heavy atom. The molecule has 0 aliphatic rings. The normalized spacial score (nSPS) is 12.8. The van der Waals surface area contributed by atoms with Crippen molar-refractivity contribution in [1.29, 1.82) is 0 Å². The Hall–Kier alpha value is -1.06. The summed E-state index contributed by atoms with van der Waals surface area (Å²) in [6.07, 6.45) is 3.27. The monoisotopic (exact) mass is 311 g/mol. The van der Waals surface area contributed by atoms with Crippen molar-refractivity contribution in [1.82, 2.24) is 14.8 Å². The third-order valence-electron chi connectivity index (χ3n) is 3.29. The van der Waals surface area contributed by atoms with Gasteiger partial charge in [0, 0.05) is 23.4 Å². The Labute approximate surface area is 129 Å². The highest BCUT2D eigenvalue weighted by atomic mass is 35.5. The molecule has 3 nitrogen and oxygen atoms in total. The molecule has 1 heterocycles. The molecule has 0 bridgehead atoms. The van der Waals surface area contributed by atoms with Gasteiger partial charge in [0.05, 0.1) is 0 Å². The van der Waals surface area contributed by atoms with Gasteiger partial charge in [-0.15, -0.1) is 11.6 Å². The summed E-state index contributed by atoms with van der Waals surface area (Å²) in [4.78, 5) is 4.35. The van der Waals surface area contributed by atoms with E-state index in [1.807, 2.05) is 22.9 Å². The molecule has 0 aliphatic heterocycles. The number of hydrogen-bond acceptors (Lipinski definition) is 2. The highest BCUT2D eigenvalue weighted by molar-refractivity contribution is 6.31. The third kappa shape index (κ3) is 3.74. The van der Waals surface area contributed by atoms with Crippen LogP contribution >= 0.6 is 23.2 Å². The molecule has 5 heteroatoms. The van der Waals surface area contributed by atoms with E-state index in [1.54, 1.807) is 6.33 Å². The summed E-state index contributed by atoms with van der Waals surface area (Å²) in [5, 5.41) is 5.06. The zero-order valence-electron chi connectivity index (χ0n) is 11.8. The Bertz CT molecular complexity index is 552. The maximum atomic E-state index is 6.21. The second-order valence-electron chi connectivity index (χ2n) is 5.23. The Morgan fingerprint density at radius 1 is 1.20 bits per heavy atom. The van der Waals surface area contributed by atoms with Crippen molar-refractivity contribution in [3.05, 3.63) is 47.0 Å². The van der Waals surface area contributed by atoms with Crippen LogP contribution in [0.25, 0.3) is 0 Å². The minimum absolute atomic E-state index is 0.304. The second kappa shape index (κ2) is 7.09. The summed E-state index contributed by atoms with van der Waals surface area (Å²) >= 11 is 12.3. The summed E-state index contributed by atoms with van der Waals surface area (Å²) in [5.41, 5.74) is 1.13. The zero-order chi connectivity index (χ0) is 14.5. The lowest BCUT2D eigenvalue weighted by atomic mass is 9.97. The fraction of sp³-hybridized carbons (Fsp3) is 0.467. The predicted octanol–water partition coefficient (Wildman–Crippen LogP) is 4.15. The lowest BCUT2D eigenvalue weighted by molar-refractivity contribution is 0.472. The highest BCUT2D eigenvalue weighted by Crippen LogP contribution is 2.22. The Kier molecular flexibility index (Phi) is 5.44. The molecule has 1 unspecified atom stereocenters. The van der Waals surface area contributed by atoms with Crippen molar-refractivity contribution in [3.8, 4) is 0 Å². The SMILES string of the molecule is CC(C)n1ncnc1CC(CCl)Cc1ccccc1Cl. The number of nitrogens with zero attached hydrogens (tertiary/aromatic N) is 3. The quantitative estimate of drug-likeness (QED) is 0.750. The van der Waals surface area contributed by atoms with Gasteiger partial charge in [-0.2, -0.15) is 5.10 Å². The topological polar surface area (TPSA) is 30.7 Å². The van der Waals surface area contributed by atoms with Crippen molar-refractivity contribution in [2.75, 3.05) is 5.88 Å². The maximum Gasteiger partial charge on any atom is 0.138 e. The molecule has 108 valence electrons. The van der Waals surface area contributed by atoms with Crippen molar-refractivity contribution >= 4 is 23.2 Å². The fourth-order valence-corrected chi connectivity index (χ4v) is 2.70. The molecule has 1 atom stereocenters. The first-order valence-corrected chi connectivity index (χ1v) is 7.70. The smallest absolute Gasteiger partial charge is 0.138 e. The van der Waals surface area contributed by atoms with Gasteiger partial charge in [-0.05, 0) is 37.8 Å². The number of benzene rings is 1. The minimum atomic E-state index is 0.304. The molecule has 1 aromatic carbocycles. The molecule has 0 spiro atoms. The summed E-state index contributed by atoms with van der Waals surface area (Å²) in [5.74, 6) is 1.87. The number of hydrogen-bond donors (Lipinski definition) is 0. The van der Waals surface area contributed by atoms with Gasteiger partial charge in [-0.3, -0.25) is 0 Å². The molecule has 0 fully saturated rings. The Balaban J connectivity index is 2.10. The van der Waals surface area contributed by atoms with Crippen LogP contribution in [0.5, 0.6) is 0 Å². The van der Waals surface area contributed by atoms with Gasteiger partial charge in [0.1, 0.15) is 12.2 Å². The highest BCUT2D eigenvalue weighted by Gasteiger charge is 2.16. The van der Waals surface area contributed by atoms with Crippen molar-refractivity contribution < 1.29 is 0 Å². The lowest BCUT2D eigenvalue weighted by Gasteiger charge is -2.16. The van der Waals surface area contributed by atoms with E-state index < -0.39 is 0 Å². The zero-order valence-corrected chi connectivity index (χ0v) is 13.3. The van der Waals surface area contributed by atoms with Gasteiger partial charge >= 0.3 is 0 Å². The molecule has 0 radical (unpaired) electrons. The van der Waals surface area contributed by atoms with E-state index in [0.29, 0.717) is 17.8 Å². The van der Waals surface area contributed by atoms with Crippen molar-refractivity contribution in [2.24, 2.45) is 5.92 Å². The number of halogens is 2. The maximum absolute atomic E-state index is 6.21.